The summed E-state index contributed by atoms with van der Waals surface area (Å²) < 4.78 is 6.11. The lowest BCUT2D eigenvalue weighted by atomic mass is 9.62. The van der Waals surface area contributed by atoms with Crippen LogP contribution in [0.15, 0.2) is 41.9 Å². The molecular formula is C23H27N7O3. The molecule has 2 saturated heterocycles. The molecule has 0 radical (unpaired) electrons. The maximum atomic E-state index is 13.7. The fourth-order valence-electron chi connectivity index (χ4n) is 5.52. The SMILES string of the molecule is CN1C=C2C(=CC1)N(CC(=O)N1CCC[C@H]1N)C(=O)C21CC(Oc2ccc3[nH]ncc3n2)C1. The molecule has 0 unspecified atom stereocenters. The lowest BCUT2D eigenvalue weighted by Crippen LogP contribution is -2.51. The van der Waals surface area contributed by atoms with Crippen molar-refractivity contribution in [3.05, 3.63) is 41.9 Å². The number of nitrogens with two attached hydrogens (primary N) is 1. The van der Waals surface area contributed by atoms with Crippen molar-refractivity contribution in [1.82, 2.24) is 29.9 Å². The molecule has 1 saturated carbocycles. The van der Waals surface area contributed by atoms with E-state index in [1.54, 1.807) is 16.0 Å². The van der Waals surface area contributed by atoms with Crippen LogP contribution in [0.1, 0.15) is 25.7 Å². The number of nitrogens with zero attached hydrogens (tertiary/aromatic N) is 5. The van der Waals surface area contributed by atoms with Gasteiger partial charge in [0.05, 0.1) is 23.3 Å². The Morgan fingerprint density at radius 2 is 2.21 bits per heavy atom. The average molecular weight is 450 g/mol. The van der Waals surface area contributed by atoms with Gasteiger partial charge in [0.2, 0.25) is 17.7 Å². The molecule has 10 nitrogen and oxygen atoms in total. The number of carbonyl (C=O) groups excluding carboxylic acids is 2. The Morgan fingerprint density at radius 1 is 1.36 bits per heavy atom. The molecule has 10 heteroatoms. The Bertz CT molecular complexity index is 1200. The summed E-state index contributed by atoms with van der Waals surface area (Å²) in [5, 5.41) is 6.87. The van der Waals surface area contributed by atoms with Gasteiger partial charge in [-0.3, -0.25) is 14.7 Å². The van der Waals surface area contributed by atoms with E-state index in [2.05, 4.69) is 20.1 Å². The number of rotatable bonds is 4. The van der Waals surface area contributed by atoms with E-state index in [0.717, 1.165) is 35.1 Å². The van der Waals surface area contributed by atoms with E-state index in [0.29, 0.717) is 31.8 Å². The number of carbonyl (C=O) groups is 2. The molecule has 2 aromatic heterocycles. The highest BCUT2D eigenvalue weighted by molar-refractivity contribution is 5.98. The Hall–Kier alpha value is -3.40. The second-order valence-electron chi connectivity index (χ2n) is 9.44. The van der Waals surface area contributed by atoms with Crippen molar-refractivity contribution in [3.63, 3.8) is 0 Å². The van der Waals surface area contributed by atoms with Gasteiger partial charge < -0.3 is 25.2 Å². The second-order valence-corrected chi connectivity index (χ2v) is 9.44. The lowest BCUT2D eigenvalue weighted by Gasteiger charge is -2.43. The van der Waals surface area contributed by atoms with Gasteiger partial charge in [-0.1, -0.05) is 0 Å². The first kappa shape index (κ1) is 20.2. The zero-order valence-electron chi connectivity index (χ0n) is 18.5. The Labute approximate surface area is 191 Å². The standard InChI is InChI=1S/C23H27N7O3/c1-28-8-6-18-15(12-28)23(22(32)30(18)13-21(31)29-7-2-3-19(29)24)9-14(10-23)33-20-5-4-16-17(26-20)11-25-27-16/h4-6,11-12,14,19H,2-3,7-10,13,24H2,1H3,(H,25,27)/t14?,19-,23?/m0/s1. The molecule has 3 N–H and O–H groups in total. The number of hydrogen-bond donors (Lipinski definition) is 2. The number of pyridine rings is 1. The van der Waals surface area contributed by atoms with Crippen LogP contribution in [0.4, 0.5) is 0 Å². The summed E-state index contributed by atoms with van der Waals surface area (Å²) in [5.74, 6) is 0.415. The number of aromatic nitrogens is 3. The van der Waals surface area contributed by atoms with Crippen molar-refractivity contribution >= 4 is 22.8 Å². The highest BCUT2D eigenvalue weighted by Gasteiger charge is 2.62. The summed E-state index contributed by atoms with van der Waals surface area (Å²) in [6.45, 7) is 1.39. The Balaban J connectivity index is 1.22. The first-order chi connectivity index (χ1) is 15.9. The molecule has 6 rings (SSSR count). The summed E-state index contributed by atoms with van der Waals surface area (Å²) >= 11 is 0. The van der Waals surface area contributed by atoms with Gasteiger partial charge in [0, 0.05) is 56.5 Å². The predicted octanol–water partition coefficient (Wildman–Crippen LogP) is 0.948. The molecule has 0 aromatic carbocycles. The lowest BCUT2D eigenvalue weighted by molar-refractivity contribution is -0.147. The van der Waals surface area contributed by atoms with Crippen molar-refractivity contribution in [3.8, 4) is 5.88 Å². The largest absolute Gasteiger partial charge is 0.474 e. The van der Waals surface area contributed by atoms with Crippen LogP contribution in [0.2, 0.25) is 0 Å². The topological polar surface area (TPSA) is 121 Å². The Kier molecular flexibility index (Phi) is 4.48. The zero-order chi connectivity index (χ0) is 22.7. The molecule has 4 aliphatic rings. The third kappa shape index (κ3) is 3.12. The van der Waals surface area contributed by atoms with Crippen molar-refractivity contribution < 1.29 is 14.3 Å². The van der Waals surface area contributed by atoms with Gasteiger partial charge in [-0.05, 0) is 25.0 Å². The van der Waals surface area contributed by atoms with Gasteiger partial charge >= 0.3 is 0 Å². The van der Waals surface area contributed by atoms with Crippen LogP contribution < -0.4 is 10.5 Å². The average Bonchev–Trinajstić information content (AvgIpc) is 3.46. The number of hydrogen-bond acceptors (Lipinski definition) is 7. The number of allylic oxidation sites excluding steroid dienone is 1. The van der Waals surface area contributed by atoms with Crippen LogP contribution in [0.5, 0.6) is 5.88 Å². The van der Waals surface area contributed by atoms with Crippen LogP contribution in [0.25, 0.3) is 11.0 Å². The minimum Gasteiger partial charge on any atom is -0.474 e. The first-order valence-electron chi connectivity index (χ1n) is 11.4. The number of likely N-dealkylation sites (N-methyl/N-ethyl adjacent to an activating group) is 1. The fourth-order valence-corrected chi connectivity index (χ4v) is 5.52. The van der Waals surface area contributed by atoms with E-state index in [-0.39, 0.29) is 30.6 Å². The van der Waals surface area contributed by atoms with Crippen LogP contribution in [-0.4, -0.2) is 80.6 Å². The number of amides is 2. The number of aromatic amines is 1. The summed E-state index contributed by atoms with van der Waals surface area (Å²) in [5.41, 5.74) is 8.87. The summed E-state index contributed by atoms with van der Waals surface area (Å²) in [6, 6.07) is 3.70. The molecule has 172 valence electrons. The molecule has 2 aromatic rings. The first-order valence-corrected chi connectivity index (χ1v) is 11.4. The van der Waals surface area contributed by atoms with E-state index >= 15 is 0 Å². The maximum Gasteiger partial charge on any atom is 0.243 e. The van der Waals surface area contributed by atoms with Gasteiger partial charge in [-0.15, -0.1) is 0 Å². The van der Waals surface area contributed by atoms with E-state index < -0.39 is 5.41 Å². The van der Waals surface area contributed by atoms with Crippen molar-refractivity contribution in [2.24, 2.45) is 11.1 Å². The van der Waals surface area contributed by atoms with Crippen LogP contribution >= 0.6 is 0 Å². The van der Waals surface area contributed by atoms with E-state index in [1.165, 1.54) is 0 Å². The predicted molar refractivity (Wildman–Crippen MR) is 119 cm³/mol. The van der Waals surface area contributed by atoms with Gasteiger partial charge in [-0.25, -0.2) is 4.98 Å². The van der Waals surface area contributed by atoms with Crippen molar-refractivity contribution in [1.29, 1.82) is 0 Å². The van der Waals surface area contributed by atoms with Gasteiger partial charge in [-0.2, -0.15) is 5.10 Å². The summed E-state index contributed by atoms with van der Waals surface area (Å²) in [7, 11) is 1.99. The highest BCUT2D eigenvalue weighted by atomic mass is 16.5. The minimum absolute atomic E-state index is 0.0190. The quantitative estimate of drug-likeness (QED) is 0.713. The molecule has 0 bridgehead atoms. The van der Waals surface area contributed by atoms with E-state index in [1.807, 2.05) is 31.5 Å². The van der Waals surface area contributed by atoms with Crippen LogP contribution in [0, 0.1) is 5.41 Å². The van der Waals surface area contributed by atoms with Crippen LogP contribution in [-0.2, 0) is 9.59 Å². The highest BCUT2D eigenvalue weighted by Crippen LogP contribution is 2.57. The number of fused-ring (bicyclic) bond motifs is 3. The van der Waals surface area contributed by atoms with Crippen molar-refractivity contribution in [2.75, 3.05) is 26.7 Å². The number of likely N-dealkylation sites (tertiary alicyclic amines) is 2. The van der Waals surface area contributed by atoms with Crippen LogP contribution in [0.3, 0.4) is 0 Å². The summed E-state index contributed by atoms with van der Waals surface area (Å²) in [4.78, 5) is 36.6. The molecule has 2 amide bonds. The maximum absolute atomic E-state index is 13.7. The summed E-state index contributed by atoms with van der Waals surface area (Å²) in [6.07, 6.45) is 8.19. The molecule has 5 heterocycles. The van der Waals surface area contributed by atoms with Gasteiger partial charge in [0.1, 0.15) is 18.2 Å². The molecule has 1 aliphatic carbocycles. The molecular weight excluding hydrogens is 422 g/mol. The normalized spacial score (nSPS) is 28.8. The van der Waals surface area contributed by atoms with Gasteiger partial charge in [0.25, 0.3) is 0 Å². The minimum atomic E-state index is -0.654. The van der Waals surface area contributed by atoms with Gasteiger partial charge in [0.15, 0.2) is 0 Å². The number of ether oxygens (including phenoxy) is 1. The third-order valence-electron chi connectivity index (χ3n) is 7.28. The Morgan fingerprint density at radius 3 is 3.00 bits per heavy atom. The van der Waals surface area contributed by atoms with E-state index in [9.17, 15) is 9.59 Å². The fraction of sp³-hybridized carbons (Fsp3) is 0.478. The molecule has 1 atom stereocenters. The van der Waals surface area contributed by atoms with E-state index in [4.69, 9.17) is 10.5 Å². The molecule has 3 aliphatic heterocycles. The molecule has 33 heavy (non-hydrogen) atoms. The third-order valence-corrected chi connectivity index (χ3v) is 7.28. The molecule has 1 spiro atoms. The monoisotopic (exact) mass is 449 g/mol. The number of nitrogens with one attached hydrogen (secondary N) is 1. The molecule has 3 fully saturated rings. The second kappa shape index (κ2) is 7.31. The smallest absolute Gasteiger partial charge is 0.243 e. The zero-order valence-corrected chi connectivity index (χ0v) is 18.5. The number of H-pyrrole nitrogens is 1. The van der Waals surface area contributed by atoms with Crippen molar-refractivity contribution in [2.45, 2.75) is 38.0 Å².